The number of nitrogens with one attached hydrogen (secondary N) is 1. The summed E-state index contributed by atoms with van der Waals surface area (Å²) in [5.74, 6) is 4.16. The van der Waals surface area contributed by atoms with E-state index in [1.807, 2.05) is 206 Å². The van der Waals surface area contributed by atoms with E-state index in [0.29, 0.717) is 74.1 Å². The van der Waals surface area contributed by atoms with Crippen LogP contribution in [0.2, 0.25) is 0 Å². The SMILES string of the molecule is OC(c1ccc(OCc2cc(OCc3ccccc3)cc(OCc3ccccc3)c2)cc1)(c1ccc(OCc2cc(OCc3ccccc3)cc(OCc3ccccc3)c2)cc1)[C@@H]1CCCN1. The predicted molar refractivity (Wildman–Crippen MR) is 262 cm³/mol. The minimum absolute atomic E-state index is 0.174. The lowest BCUT2D eigenvalue weighted by atomic mass is 9.79. The first-order valence-corrected chi connectivity index (χ1v) is 22.9. The monoisotopic (exact) mass is 889 g/mol. The van der Waals surface area contributed by atoms with Gasteiger partial charge in [-0.05, 0) is 112 Å². The third-order valence-corrected chi connectivity index (χ3v) is 11.8. The predicted octanol–water partition coefficient (Wildman–Crippen LogP) is 12.1. The Morgan fingerprint density at radius 1 is 0.358 bits per heavy atom. The molecular weight excluding hydrogens is 835 g/mol. The van der Waals surface area contributed by atoms with Gasteiger partial charge in [0.05, 0.1) is 0 Å². The van der Waals surface area contributed by atoms with E-state index in [0.717, 1.165) is 63.9 Å². The van der Waals surface area contributed by atoms with E-state index in [1.165, 1.54) is 0 Å². The van der Waals surface area contributed by atoms with Crippen LogP contribution in [0.1, 0.15) is 57.3 Å². The lowest BCUT2D eigenvalue weighted by Gasteiger charge is -2.35. The first kappa shape index (κ1) is 44.7. The molecule has 8 aromatic rings. The van der Waals surface area contributed by atoms with Crippen LogP contribution in [0.25, 0.3) is 0 Å². The van der Waals surface area contributed by atoms with Crippen LogP contribution in [-0.2, 0) is 45.2 Å². The Bertz CT molecular complexity index is 2440. The fourth-order valence-electron chi connectivity index (χ4n) is 8.28. The van der Waals surface area contributed by atoms with Crippen LogP contribution < -0.4 is 33.7 Å². The summed E-state index contributed by atoms with van der Waals surface area (Å²) in [6, 6.07) is 67.5. The van der Waals surface area contributed by atoms with E-state index < -0.39 is 5.60 Å². The van der Waals surface area contributed by atoms with Gasteiger partial charge in [0.15, 0.2) is 0 Å². The van der Waals surface area contributed by atoms with Crippen LogP contribution in [-0.4, -0.2) is 17.7 Å². The lowest BCUT2D eigenvalue weighted by Crippen LogP contribution is -2.46. The molecule has 8 aromatic carbocycles. The molecule has 9 rings (SSSR count). The van der Waals surface area contributed by atoms with Crippen molar-refractivity contribution in [3.63, 3.8) is 0 Å². The molecule has 1 saturated heterocycles. The van der Waals surface area contributed by atoms with Gasteiger partial charge in [0.1, 0.15) is 79.7 Å². The second-order valence-electron chi connectivity index (χ2n) is 16.8. The second-order valence-corrected chi connectivity index (χ2v) is 16.8. The molecule has 1 aliphatic heterocycles. The smallest absolute Gasteiger partial charge is 0.130 e. The van der Waals surface area contributed by atoms with Gasteiger partial charge >= 0.3 is 0 Å². The summed E-state index contributed by atoms with van der Waals surface area (Å²) in [6.45, 7) is 3.18. The van der Waals surface area contributed by atoms with Crippen molar-refractivity contribution in [1.82, 2.24) is 5.32 Å². The second kappa shape index (κ2) is 22.1. The van der Waals surface area contributed by atoms with Crippen molar-refractivity contribution in [2.75, 3.05) is 6.54 Å². The molecule has 0 unspecified atom stereocenters. The minimum Gasteiger partial charge on any atom is -0.489 e. The van der Waals surface area contributed by atoms with Crippen LogP contribution in [0.15, 0.2) is 206 Å². The van der Waals surface area contributed by atoms with Gasteiger partial charge in [-0.15, -0.1) is 0 Å². The highest BCUT2D eigenvalue weighted by Gasteiger charge is 2.41. The molecule has 1 fully saturated rings. The van der Waals surface area contributed by atoms with E-state index in [1.54, 1.807) is 0 Å². The molecule has 0 bridgehead atoms. The van der Waals surface area contributed by atoms with Crippen molar-refractivity contribution in [2.24, 2.45) is 0 Å². The molecule has 8 heteroatoms. The molecule has 338 valence electrons. The van der Waals surface area contributed by atoms with Gasteiger partial charge in [-0.1, -0.05) is 146 Å². The van der Waals surface area contributed by atoms with Crippen molar-refractivity contribution < 1.29 is 33.5 Å². The average Bonchev–Trinajstić information content (AvgIpc) is 3.95. The van der Waals surface area contributed by atoms with Crippen molar-refractivity contribution in [1.29, 1.82) is 0 Å². The summed E-state index contributed by atoms with van der Waals surface area (Å²) in [5, 5.41) is 16.3. The third-order valence-electron chi connectivity index (χ3n) is 11.8. The van der Waals surface area contributed by atoms with Gasteiger partial charge in [-0.25, -0.2) is 0 Å². The van der Waals surface area contributed by atoms with E-state index in [9.17, 15) is 5.11 Å². The van der Waals surface area contributed by atoms with Gasteiger partial charge in [-0.2, -0.15) is 0 Å². The zero-order valence-electron chi connectivity index (χ0n) is 37.5. The molecule has 67 heavy (non-hydrogen) atoms. The van der Waals surface area contributed by atoms with Crippen LogP contribution in [0, 0.1) is 0 Å². The number of hydrogen-bond acceptors (Lipinski definition) is 8. The molecule has 8 nitrogen and oxygen atoms in total. The van der Waals surface area contributed by atoms with Crippen LogP contribution in [0.3, 0.4) is 0 Å². The van der Waals surface area contributed by atoms with E-state index in [-0.39, 0.29) is 6.04 Å². The summed E-state index contributed by atoms with van der Waals surface area (Å²) in [6.07, 6.45) is 1.81. The molecule has 1 aliphatic rings. The van der Waals surface area contributed by atoms with Gasteiger partial charge in [0.2, 0.25) is 0 Å². The van der Waals surface area contributed by atoms with Crippen LogP contribution in [0.4, 0.5) is 0 Å². The number of aliphatic hydroxyl groups is 1. The first-order valence-electron chi connectivity index (χ1n) is 22.9. The van der Waals surface area contributed by atoms with Gasteiger partial charge < -0.3 is 38.8 Å². The van der Waals surface area contributed by atoms with E-state index in [4.69, 9.17) is 28.4 Å². The molecule has 1 atom stereocenters. The molecule has 0 amide bonds. The zero-order chi connectivity index (χ0) is 45.5. The Labute approximate surface area is 393 Å². The highest BCUT2D eigenvalue weighted by atomic mass is 16.5. The van der Waals surface area contributed by atoms with E-state index >= 15 is 0 Å². The summed E-state index contributed by atoms with van der Waals surface area (Å²) in [5.41, 5.74) is 6.39. The highest BCUT2D eigenvalue weighted by molar-refractivity contribution is 5.44. The van der Waals surface area contributed by atoms with Crippen molar-refractivity contribution in [3.8, 4) is 34.5 Å². The quantitative estimate of drug-likeness (QED) is 0.0738. The lowest BCUT2D eigenvalue weighted by molar-refractivity contribution is 0.0441. The van der Waals surface area contributed by atoms with Crippen molar-refractivity contribution in [3.05, 3.63) is 251 Å². The topological polar surface area (TPSA) is 87.6 Å². The fraction of sp³-hybridized carbons (Fsp3) is 0.186. The summed E-state index contributed by atoms with van der Waals surface area (Å²) in [7, 11) is 0. The number of ether oxygens (including phenoxy) is 6. The number of benzene rings is 8. The maximum absolute atomic E-state index is 12.7. The Morgan fingerprint density at radius 3 is 0.955 bits per heavy atom. The molecular formula is C59H55NO7. The maximum atomic E-state index is 12.7. The molecule has 0 radical (unpaired) electrons. The summed E-state index contributed by atoms with van der Waals surface area (Å²) >= 11 is 0. The fourth-order valence-corrected chi connectivity index (χ4v) is 8.28. The van der Waals surface area contributed by atoms with Gasteiger partial charge in [-0.3, -0.25) is 0 Å². The van der Waals surface area contributed by atoms with Gasteiger partial charge in [0.25, 0.3) is 0 Å². The Balaban J connectivity index is 0.872. The largest absolute Gasteiger partial charge is 0.489 e. The Hall–Kier alpha value is -7.52. The first-order chi connectivity index (χ1) is 33.0. The summed E-state index contributed by atoms with van der Waals surface area (Å²) in [4.78, 5) is 0. The number of hydrogen-bond donors (Lipinski definition) is 2. The molecule has 2 N–H and O–H groups in total. The van der Waals surface area contributed by atoms with Crippen molar-refractivity contribution >= 4 is 0 Å². The third kappa shape index (κ3) is 12.2. The highest BCUT2D eigenvalue weighted by Crippen LogP contribution is 2.38. The minimum atomic E-state index is -1.29. The van der Waals surface area contributed by atoms with Crippen LogP contribution in [0.5, 0.6) is 34.5 Å². The average molecular weight is 890 g/mol. The Kier molecular flexibility index (Phi) is 14.7. The molecule has 0 saturated carbocycles. The van der Waals surface area contributed by atoms with E-state index in [2.05, 4.69) is 5.32 Å². The maximum Gasteiger partial charge on any atom is 0.130 e. The Morgan fingerprint density at radius 2 is 0.657 bits per heavy atom. The molecule has 0 spiro atoms. The molecule has 1 heterocycles. The summed E-state index contributed by atoms with van der Waals surface area (Å²) < 4.78 is 37.6. The normalized spacial score (nSPS) is 13.4. The van der Waals surface area contributed by atoms with Crippen LogP contribution >= 0.6 is 0 Å². The van der Waals surface area contributed by atoms with Crippen molar-refractivity contribution in [2.45, 2.75) is 64.1 Å². The zero-order valence-corrected chi connectivity index (χ0v) is 37.5. The standard InChI is InChI=1S/C59H55NO7/c61-59(58-22-13-31-60-58,50-23-27-52(28-24-50)62-42-48-32-54(64-38-44-14-5-1-6-15-44)36-55(33-48)65-39-45-16-7-2-8-17-45)51-25-29-53(30-26-51)63-43-49-34-56(66-40-46-18-9-3-10-19-46)37-57(35-49)67-41-47-20-11-4-12-21-47/h1-12,14-21,23-30,32-37,58,60-61H,13,22,31,38-43H2/t58-/m0/s1. The number of rotatable bonds is 21. The van der Waals surface area contributed by atoms with Gasteiger partial charge in [0, 0.05) is 18.2 Å². The molecule has 0 aliphatic carbocycles. The molecule has 0 aromatic heterocycles.